The van der Waals surface area contributed by atoms with Gasteiger partial charge in [0.1, 0.15) is 5.82 Å². The van der Waals surface area contributed by atoms with Crippen molar-refractivity contribution in [3.63, 3.8) is 0 Å². The summed E-state index contributed by atoms with van der Waals surface area (Å²) < 4.78 is 35.8. The Morgan fingerprint density at radius 3 is 2.40 bits per heavy atom. The number of aryl methyl sites for hydroxylation is 1. The zero-order chi connectivity index (χ0) is 18.0. The second-order valence-corrected chi connectivity index (χ2v) is 7.10. The van der Waals surface area contributed by atoms with E-state index in [9.17, 15) is 18.4 Å². The van der Waals surface area contributed by atoms with Crippen LogP contribution in [-0.2, 0) is 16.8 Å². The molecule has 0 saturated carbocycles. The Morgan fingerprint density at radius 2 is 1.80 bits per heavy atom. The van der Waals surface area contributed by atoms with Gasteiger partial charge in [-0.15, -0.1) is 0 Å². The SMILES string of the molecule is Cc1ccc(C2=C(c3ccc(CS(=O)[O-])c(F)c3)CCC2)cc1C#N. The molecular weight excluding hydrogens is 337 g/mol. The zero-order valence-corrected chi connectivity index (χ0v) is 14.7. The van der Waals surface area contributed by atoms with Crippen molar-refractivity contribution in [3.8, 4) is 6.07 Å². The largest absolute Gasteiger partial charge is 0.772 e. The predicted octanol–water partition coefficient (Wildman–Crippen LogP) is 4.48. The molecule has 0 fully saturated rings. The first kappa shape index (κ1) is 17.5. The Labute approximate surface area is 149 Å². The number of nitrogens with zero attached hydrogens (tertiary/aromatic N) is 1. The first-order valence-electron chi connectivity index (χ1n) is 8.07. The van der Waals surface area contributed by atoms with Gasteiger partial charge < -0.3 is 4.55 Å². The van der Waals surface area contributed by atoms with Gasteiger partial charge in [-0.1, -0.05) is 35.3 Å². The molecule has 1 aliphatic carbocycles. The van der Waals surface area contributed by atoms with Crippen LogP contribution in [0.2, 0.25) is 0 Å². The van der Waals surface area contributed by atoms with Gasteiger partial charge in [-0.05, 0) is 71.7 Å². The Hall–Kier alpha value is -2.29. The standard InChI is InChI=1S/C20H18FNO2S/c1-13-5-6-14(9-17(13)11-22)18-3-2-4-19(18)15-7-8-16(12-25(23)24)20(21)10-15/h5-10H,2-4,12H2,1H3,(H,23,24)/p-1. The van der Waals surface area contributed by atoms with Gasteiger partial charge in [-0.2, -0.15) is 5.26 Å². The summed E-state index contributed by atoms with van der Waals surface area (Å²) in [6, 6.07) is 12.8. The van der Waals surface area contributed by atoms with E-state index < -0.39 is 16.9 Å². The molecule has 0 N–H and O–H groups in total. The highest BCUT2D eigenvalue weighted by Gasteiger charge is 2.19. The predicted molar refractivity (Wildman–Crippen MR) is 95.6 cm³/mol. The lowest BCUT2D eigenvalue weighted by molar-refractivity contribution is 0.533. The highest BCUT2D eigenvalue weighted by molar-refractivity contribution is 7.78. The normalized spacial score (nSPS) is 15.3. The molecule has 3 nitrogen and oxygen atoms in total. The van der Waals surface area contributed by atoms with Gasteiger partial charge >= 0.3 is 0 Å². The number of halogens is 1. The maximum atomic E-state index is 14.2. The van der Waals surface area contributed by atoms with Gasteiger partial charge in [0, 0.05) is 5.75 Å². The van der Waals surface area contributed by atoms with Gasteiger partial charge in [0.15, 0.2) is 0 Å². The highest BCUT2D eigenvalue weighted by atomic mass is 32.2. The number of benzene rings is 2. The lowest BCUT2D eigenvalue weighted by Gasteiger charge is -2.12. The van der Waals surface area contributed by atoms with Crippen LogP contribution in [0.15, 0.2) is 36.4 Å². The van der Waals surface area contributed by atoms with Crippen molar-refractivity contribution >= 4 is 22.2 Å². The van der Waals surface area contributed by atoms with Crippen LogP contribution in [0, 0.1) is 24.1 Å². The van der Waals surface area contributed by atoms with E-state index in [1.54, 1.807) is 12.1 Å². The molecule has 5 heteroatoms. The summed E-state index contributed by atoms with van der Waals surface area (Å²) in [5.41, 5.74) is 5.75. The maximum absolute atomic E-state index is 14.2. The molecule has 2 aromatic rings. The minimum absolute atomic E-state index is 0.180. The minimum atomic E-state index is -2.31. The Balaban J connectivity index is 2.03. The number of hydrogen-bond acceptors (Lipinski definition) is 3. The molecule has 0 radical (unpaired) electrons. The highest BCUT2D eigenvalue weighted by Crippen LogP contribution is 2.40. The third kappa shape index (κ3) is 3.71. The average Bonchev–Trinajstić information content (AvgIpc) is 3.06. The smallest absolute Gasteiger partial charge is 0.127 e. The van der Waals surface area contributed by atoms with E-state index >= 15 is 0 Å². The van der Waals surface area contributed by atoms with Crippen LogP contribution in [0.4, 0.5) is 4.39 Å². The number of allylic oxidation sites excluding steroid dienone is 2. The fourth-order valence-electron chi connectivity index (χ4n) is 3.29. The van der Waals surface area contributed by atoms with Gasteiger partial charge in [-0.3, -0.25) is 4.21 Å². The minimum Gasteiger partial charge on any atom is -0.772 e. The van der Waals surface area contributed by atoms with E-state index in [1.807, 2.05) is 25.1 Å². The van der Waals surface area contributed by atoms with E-state index in [4.69, 9.17) is 0 Å². The summed E-state index contributed by atoms with van der Waals surface area (Å²) in [5, 5.41) is 9.24. The molecule has 25 heavy (non-hydrogen) atoms. The molecule has 1 unspecified atom stereocenters. The summed E-state index contributed by atoms with van der Waals surface area (Å²) in [6.45, 7) is 1.90. The second kappa shape index (κ2) is 7.30. The average molecular weight is 354 g/mol. The van der Waals surface area contributed by atoms with Crippen molar-refractivity contribution in [1.29, 1.82) is 5.26 Å². The number of nitriles is 1. The van der Waals surface area contributed by atoms with E-state index in [0.717, 1.165) is 47.1 Å². The number of rotatable bonds is 4. The molecule has 0 aromatic heterocycles. The molecule has 0 spiro atoms. The maximum Gasteiger partial charge on any atom is 0.127 e. The van der Waals surface area contributed by atoms with Gasteiger partial charge in [0.05, 0.1) is 11.6 Å². The van der Waals surface area contributed by atoms with E-state index in [0.29, 0.717) is 5.56 Å². The molecule has 128 valence electrons. The summed E-state index contributed by atoms with van der Waals surface area (Å²) >= 11 is -2.31. The molecular formula is C20H17FNO2S-. The summed E-state index contributed by atoms with van der Waals surface area (Å²) in [5.74, 6) is -0.816. The fourth-order valence-corrected chi connectivity index (χ4v) is 3.78. The number of hydrogen-bond donors (Lipinski definition) is 0. The van der Waals surface area contributed by atoms with Crippen LogP contribution in [0.1, 0.15) is 47.1 Å². The molecule has 1 atom stereocenters. The molecule has 0 amide bonds. The van der Waals surface area contributed by atoms with Crippen LogP contribution >= 0.6 is 0 Å². The molecule has 1 aliphatic rings. The molecule has 0 bridgehead atoms. The zero-order valence-electron chi connectivity index (χ0n) is 13.8. The molecule has 3 rings (SSSR count). The third-order valence-corrected chi connectivity index (χ3v) is 5.15. The summed E-state index contributed by atoms with van der Waals surface area (Å²) in [6.07, 6.45) is 2.71. The fraction of sp³-hybridized carbons (Fsp3) is 0.250. The van der Waals surface area contributed by atoms with Crippen LogP contribution in [-0.4, -0.2) is 8.76 Å². The van der Waals surface area contributed by atoms with E-state index in [-0.39, 0.29) is 11.3 Å². The van der Waals surface area contributed by atoms with Crippen LogP contribution in [0.25, 0.3) is 11.1 Å². The van der Waals surface area contributed by atoms with E-state index in [1.165, 1.54) is 6.07 Å². The quantitative estimate of drug-likeness (QED) is 0.761. The summed E-state index contributed by atoms with van der Waals surface area (Å²) in [4.78, 5) is 0. The lowest BCUT2D eigenvalue weighted by atomic mass is 9.94. The molecule has 0 aliphatic heterocycles. The Kier molecular flexibility index (Phi) is 5.12. The van der Waals surface area contributed by atoms with Crippen LogP contribution in [0.5, 0.6) is 0 Å². The van der Waals surface area contributed by atoms with Gasteiger partial charge in [0.2, 0.25) is 0 Å². The summed E-state index contributed by atoms with van der Waals surface area (Å²) in [7, 11) is 0. The van der Waals surface area contributed by atoms with Crippen molar-refractivity contribution in [2.75, 3.05) is 0 Å². The lowest BCUT2D eigenvalue weighted by Crippen LogP contribution is -1.98. The topological polar surface area (TPSA) is 63.9 Å². The van der Waals surface area contributed by atoms with Gasteiger partial charge in [0.25, 0.3) is 0 Å². The van der Waals surface area contributed by atoms with Crippen molar-refractivity contribution < 1.29 is 13.2 Å². The van der Waals surface area contributed by atoms with Crippen molar-refractivity contribution in [2.24, 2.45) is 0 Å². The second-order valence-electron chi connectivity index (χ2n) is 6.21. The van der Waals surface area contributed by atoms with Crippen molar-refractivity contribution in [3.05, 3.63) is 70.0 Å². The van der Waals surface area contributed by atoms with E-state index in [2.05, 4.69) is 6.07 Å². The van der Waals surface area contributed by atoms with Crippen LogP contribution < -0.4 is 0 Å². The van der Waals surface area contributed by atoms with Crippen LogP contribution in [0.3, 0.4) is 0 Å². The van der Waals surface area contributed by atoms with Gasteiger partial charge in [-0.25, -0.2) is 4.39 Å². The Morgan fingerprint density at radius 1 is 1.16 bits per heavy atom. The van der Waals surface area contributed by atoms with Crippen molar-refractivity contribution in [1.82, 2.24) is 0 Å². The molecule has 0 saturated heterocycles. The first-order valence-corrected chi connectivity index (χ1v) is 9.32. The molecule has 0 heterocycles. The molecule has 2 aromatic carbocycles. The third-order valence-electron chi connectivity index (χ3n) is 4.60. The Bertz CT molecular complexity index is 928. The monoisotopic (exact) mass is 354 g/mol. The first-order chi connectivity index (χ1) is 12.0. The van der Waals surface area contributed by atoms with Crippen molar-refractivity contribution in [2.45, 2.75) is 31.9 Å².